The second-order valence-corrected chi connectivity index (χ2v) is 10.5. The first kappa shape index (κ1) is 25.2. The van der Waals surface area contributed by atoms with Crippen LogP contribution in [-0.4, -0.2) is 57.8 Å². The quantitative estimate of drug-likeness (QED) is 0.555. The number of nitrogens with one attached hydrogen (secondary N) is 3. The third-order valence-electron chi connectivity index (χ3n) is 4.29. The number of benzene rings is 2. The highest BCUT2D eigenvalue weighted by atomic mass is 32.2. The molecule has 174 valence electrons. The maximum absolute atomic E-state index is 12.5. The maximum Gasteiger partial charge on any atom is 0.251 e. The summed E-state index contributed by atoms with van der Waals surface area (Å²) < 4.78 is 31.2. The van der Waals surface area contributed by atoms with Crippen LogP contribution in [0.15, 0.2) is 47.4 Å². The van der Waals surface area contributed by atoms with Crippen molar-refractivity contribution in [3.05, 3.63) is 48.0 Å². The van der Waals surface area contributed by atoms with Crippen molar-refractivity contribution in [2.45, 2.75) is 31.2 Å². The Balaban J connectivity index is 2.02. The van der Waals surface area contributed by atoms with Crippen LogP contribution in [0.1, 0.15) is 31.1 Å². The van der Waals surface area contributed by atoms with Gasteiger partial charge < -0.3 is 20.7 Å². The van der Waals surface area contributed by atoms with E-state index in [1.807, 2.05) is 20.8 Å². The molecule has 0 aliphatic carbocycles. The fourth-order valence-electron chi connectivity index (χ4n) is 2.69. The van der Waals surface area contributed by atoms with E-state index in [0.717, 1.165) is 4.31 Å². The van der Waals surface area contributed by atoms with Gasteiger partial charge in [0.1, 0.15) is 10.6 Å². The molecule has 9 nitrogen and oxygen atoms in total. The molecule has 0 bridgehead atoms. The minimum Gasteiger partial charge on any atom is -0.495 e. The lowest BCUT2D eigenvalue weighted by molar-refractivity contribution is -0.114. The summed E-state index contributed by atoms with van der Waals surface area (Å²) in [6.07, 6.45) is 0. The maximum atomic E-state index is 12.5. The number of nitrogens with zero attached hydrogens (tertiary/aromatic N) is 1. The van der Waals surface area contributed by atoms with Crippen molar-refractivity contribution in [3.63, 3.8) is 0 Å². The number of amides is 2. The summed E-state index contributed by atoms with van der Waals surface area (Å²) in [5.74, 6) is -0.354. The topological polar surface area (TPSA) is 117 Å². The Hall–Kier alpha value is -3.11. The largest absolute Gasteiger partial charge is 0.495 e. The van der Waals surface area contributed by atoms with Crippen LogP contribution in [-0.2, 0) is 14.8 Å². The smallest absolute Gasteiger partial charge is 0.251 e. The van der Waals surface area contributed by atoms with Crippen molar-refractivity contribution in [2.24, 2.45) is 0 Å². The molecule has 3 N–H and O–H groups in total. The molecule has 0 aromatic heterocycles. The predicted octanol–water partition coefficient (Wildman–Crippen LogP) is 2.52. The summed E-state index contributed by atoms with van der Waals surface area (Å²) in [4.78, 5) is 24.5. The Bertz CT molecular complexity index is 1070. The molecule has 2 aromatic carbocycles. The van der Waals surface area contributed by atoms with E-state index >= 15 is 0 Å². The molecule has 2 rings (SSSR count). The molecule has 32 heavy (non-hydrogen) atoms. The highest BCUT2D eigenvalue weighted by molar-refractivity contribution is 7.89. The number of hydrogen-bond donors (Lipinski definition) is 3. The van der Waals surface area contributed by atoms with E-state index in [0.29, 0.717) is 16.9 Å². The number of carbonyl (C=O) groups is 2. The summed E-state index contributed by atoms with van der Waals surface area (Å²) in [6, 6.07) is 11.2. The molecule has 10 heteroatoms. The Morgan fingerprint density at radius 3 is 2.12 bits per heavy atom. The van der Waals surface area contributed by atoms with Crippen LogP contribution in [0.25, 0.3) is 0 Å². The van der Waals surface area contributed by atoms with E-state index in [1.165, 1.54) is 33.3 Å². The van der Waals surface area contributed by atoms with Crippen LogP contribution >= 0.6 is 0 Å². The van der Waals surface area contributed by atoms with E-state index in [1.54, 1.807) is 30.3 Å². The van der Waals surface area contributed by atoms with Gasteiger partial charge in [-0.05, 0) is 63.2 Å². The minimum atomic E-state index is -3.75. The molecule has 0 fully saturated rings. The van der Waals surface area contributed by atoms with E-state index in [2.05, 4.69) is 16.0 Å². The van der Waals surface area contributed by atoms with Gasteiger partial charge in [-0.2, -0.15) is 0 Å². The number of methoxy groups -OCH3 is 1. The number of sulfonamides is 1. The van der Waals surface area contributed by atoms with Crippen LogP contribution < -0.4 is 20.7 Å². The van der Waals surface area contributed by atoms with E-state index in [9.17, 15) is 18.0 Å². The van der Waals surface area contributed by atoms with Crippen LogP contribution in [0.5, 0.6) is 5.75 Å². The number of rotatable bonds is 8. The third-order valence-corrected chi connectivity index (χ3v) is 6.13. The zero-order valence-corrected chi connectivity index (χ0v) is 20.0. The van der Waals surface area contributed by atoms with Gasteiger partial charge in [-0.3, -0.25) is 9.59 Å². The van der Waals surface area contributed by atoms with Gasteiger partial charge >= 0.3 is 0 Å². The van der Waals surface area contributed by atoms with E-state index in [-0.39, 0.29) is 34.5 Å². The molecular formula is C22H30N4O5S. The van der Waals surface area contributed by atoms with Crippen LogP contribution in [0, 0.1) is 0 Å². The predicted molar refractivity (Wildman–Crippen MR) is 125 cm³/mol. The van der Waals surface area contributed by atoms with Gasteiger partial charge in [0.2, 0.25) is 15.9 Å². The molecule has 0 radical (unpaired) electrons. The van der Waals surface area contributed by atoms with Crippen molar-refractivity contribution >= 4 is 33.2 Å². The van der Waals surface area contributed by atoms with Gasteiger partial charge in [-0.25, -0.2) is 12.7 Å². The molecule has 0 atom stereocenters. The van der Waals surface area contributed by atoms with Gasteiger partial charge in [0.25, 0.3) is 5.91 Å². The summed E-state index contributed by atoms with van der Waals surface area (Å²) in [6.45, 7) is 5.67. The Morgan fingerprint density at radius 1 is 1.00 bits per heavy atom. The van der Waals surface area contributed by atoms with Crippen LogP contribution in [0.4, 0.5) is 11.4 Å². The summed E-state index contributed by atoms with van der Waals surface area (Å²) in [5.41, 5.74) is 1.17. The lowest BCUT2D eigenvalue weighted by Gasteiger charge is -2.20. The lowest BCUT2D eigenvalue weighted by atomic mass is 10.1. The van der Waals surface area contributed by atoms with Crippen molar-refractivity contribution in [3.8, 4) is 5.75 Å². The highest BCUT2D eigenvalue weighted by Crippen LogP contribution is 2.28. The molecule has 2 aromatic rings. The first-order valence-electron chi connectivity index (χ1n) is 9.90. The average molecular weight is 463 g/mol. The molecule has 2 amide bonds. The zero-order chi connectivity index (χ0) is 24.1. The summed E-state index contributed by atoms with van der Waals surface area (Å²) in [5, 5.41) is 8.52. The number of carbonyl (C=O) groups excluding carboxylic acids is 2. The highest BCUT2D eigenvalue weighted by Gasteiger charge is 2.23. The van der Waals surface area contributed by atoms with Crippen molar-refractivity contribution in [1.82, 2.24) is 9.62 Å². The van der Waals surface area contributed by atoms with E-state index < -0.39 is 10.0 Å². The fourth-order valence-corrected chi connectivity index (χ4v) is 3.77. The van der Waals surface area contributed by atoms with Gasteiger partial charge in [0.15, 0.2) is 0 Å². The molecular weight excluding hydrogens is 432 g/mol. The number of anilines is 2. The Kier molecular flexibility index (Phi) is 7.87. The summed E-state index contributed by atoms with van der Waals surface area (Å²) >= 11 is 0. The van der Waals surface area contributed by atoms with Gasteiger partial charge in [-0.15, -0.1) is 0 Å². The van der Waals surface area contributed by atoms with Crippen LogP contribution in [0.3, 0.4) is 0 Å². The second-order valence-electron chi connectivity index (χ2n) is 8.34. The van der Waals surface area contributed by atoms with Gasteiger partial charge in [0.05, 0.1) is 13.7 Å². The van der Waals surface area contributed by atoms with Crippen molar-refractivity contribution in [1.29, 1.82) is 0 Å². The fraction of sp³-hybridized carbons (Fsp3) is 0.364. The Labute approximate surface area is 189 Å². The van der Waals surface area contributed by atoms with Crippen molar-refractivity contribution < 1.29 is 22.7 Å². The second kappa shape index (κ2) is 10.0. The molecule has 0 unspecified atom stereocenters. The average Bonchev–Trinajstić information content (AvgIpc) is 2.71. The first-order valence-corrected chi connectivity index (χ1v) is 11.3. The molecule has 0 aliphatic rings. The normalized spacial score (nSPS) is 11.7. The minimum absolute atomic E-state index is 0.0418. The van der Waals surface area contributed by atoms with Gasteiger partial charge in [0, 0.05) is 36.6 Å². The molecule has 0 heterocycles. The number of ether oxygens (including phenoxy) is 1. The third kappa shape index (κ3) is 6.69. The SMILES string of the molecule is COc1ccc(NC(=O)CNc2ccc(C(=O)NC(C)(C)C)cc2)cc1S(=O)(=O)N(C)C. The van der Waals surface area contributed by atoms with Gasteiger partial charge in [-0.1, -0.05) is 0 Å². The lowest BCUT2D eigenvalue weighted by Crippen LogP contribution is -2.40. The standard InChI is InChI=1S/C22H30N4O5S/c1-22(2,3)25-21(28)15-7-9-16(10-8-15)23-14-20(27)24-17-11-12-18(31-6)19(13-17)32(29,30)26(4)5/h7-13,23H,14H2,1-6H3,(H,24,27)(H,25,28). The summed E-state index contributed by atoms with van der Waals surface area (Å²) in [7, 11) is 0.469. The molecule has 0 saturated heterocycles. The molecule has 0 saturated carbocycles. The van der Waals surface area contributed by atoms with Crippen LogP contribution in [0.2, 0.25) is 0 Å². The monoisotopic (exact) mass is 462 g/mol. The first-order chi connectivity index (χ1) is 14.8. The molecule has 0 spiro atoms. The zero-order valence-electron chi connectivity index (χ0n) is 19.1. The number of hydrogen-bond acceptors (Lipinski definition) is 6. The van der Waals surface area contributed by atoms with E-state index in [4.69, 9.17) is 4.74 Å². The van der Waals surface area contributed by atoms with Crippen molar-refractivity contribution in [2.75, 3.05) is 38.4 Å². The molecule has 0 aliphatic heterocycles. The Morgan fingerprint density at radius 2 is 1.59 bits per heavy atom.